The molecule has 4 heterocycles. The van der Waals surface area contributed by atoms with Crippen LogP contribution in [0, 0.1) is 6.92 Å². The lowest BCUT2D eigenvalue weighted by atomic mass is 10.3. The fourth-order valence-electron chi connectivity index (χ4n) is 2.88. The zero-order valence-corrected chi connectivity index (χ0v) is 16.0. The second-order valence-corrected chi connectivity index (χ2v) is 7.60. The fourth-order valence-corrected chi connectivity index (χ4v) is 3.81. The molecular formula is C19H18N6O2S. The molecule has 0 radical (unpaired) electrons. The van der Waals surface area contributed by atoms with Gasteiger partial charge in [-0.2, -0.15) is 0 Å². The van der Waals surface area contributed by atoms with E-state index in [9.17, 15) is 9.59 Å². The first kappa shape index (κ1) is 18.2. The SMILES string of the molecule is Cc1ccnc(Nc2cccc(-c3cnc(CN4CC(=O)NC(=O)C4)s3)n2)c1. The maximum atomic E-state index is 11.5. The fraction of sp³-hybridized carbons (Fsp3) is 0.211. The van der Waals surface area contributed by atoms with Crippen molar-refractivity contribution in [3.63, 3.8) is 0 Å². The van der Waals surface area contributed by atoms with Gasteiger partial charge in [-0.25, -0.2) is 15.0 Å². The number of aromatic nitrogens is 3. The minimum atomic E-state index is -0.279. The third-order valence-corrected chi connectivity index (χ3v) is 5.10. The molecule has 2 amide bonds. The predicted octanol–water partition coefficient (Wildman–Crippen LogP) is 2.11. The van der Waals surface area contributed by atoms with E-state index in [1.54, 1.807) is 17.3 Å². The van der Waals surface area contributed by atoms with Crippen molar-refractivity contribution in [3.05, 3.63) is 53.3 Å². The summed E-state index contributed by atoms with van der Waals surface area (Å²) in [4.78, 5) is 39.0. The number of nitrogens with one attached hydrogen (secondary N) is 2. The van der Waals surface area contributed by atoms with E-state index in [0.29, 0.717) is 12.4 Å². The van der Waals surface area contributed by atoms with E-state index in [2.05, 4.69) is 25.6 Å². The molecule has 1 aliphatic heterocycles. The smallest absolute Gasteiger partial charge is 0.240 e. The van der Waals surface area contributed by atoms with Crippen LogP contribution in [0.25, 0.3) is 10.6 Å². The first-order valence-electron chi connectivity index (χ1n) is 8.72. The zero-order chi connectivity index (χ0) is 19.5. The van der Waals surface area contributed by atoms with E-state index in [1.807, 2.05) is 37.3 Å². The van der Waals surface area contributed by atoms with Gasteiger partial charge in [0.1, 0.15) is 16.6 Å². The standard InChI is InChI=1S/C19H18N6O2S/c1-12-5-6-20-16(7-12)23-15-4-2-3-13(22-15)14-8-21-19(28-14)11-25-9-17(26)24-18(27)10-25/h2-8H,9-11H2,1H3,(H,20,22,23)(H,24,26,27). The number of anilines is 2. The summed E-state index contributed by atoms with van der Waals surface area (Å²) >= 11 is 1.50. The maximum Gasteiger partial charge on any atom is 0.240 e. The van der Waals surface area contributed by atoms with Crippen molar-refractivity contribution in [3.8, 4) is 10.6 Å². The molecular weight excluding hydrogens is 376 g/mol. The highest BCUT2D eigenvalue weighted by molar-refractivity contribution is 7.15. The lowest BCUT2D eigenvalue weighted by Crippen LogP contribution is -2.50. The monoisotopic (exact) mass is 394 g/mol. The summed E-state index contributed by atoms with van der Waals surface area (Å²) < 4.78 is 0. The van der Waals surface area contributed by atoms with Crippen LogP contribution in [0.2, 0.25) is 0 Å². The third kappa shape index (κ3) is 4.38. The molecule has 0 unspecified atom stereocenters. The molecule has 9 heteroatoms. The van der Waals surface area contributed by atoms with E-state index in [0.717, 1.165) is 27.0 Å². The van der Waals surface area contributed by atoms with Gasteiger partial charge in [0.2, 0.25) is 11.8 Å². The molecule has 0 aromatic carbocycles. The molecule has 2 N–H and O–H groups in total. The Labute approximate surface area is 165 Å². The minimum absolute atomic E-state index is 0.196. The molecule has 0 bridgehead atoms. The molecule has 0 aliphatic carbocycles. The van der Waals surface area contributed by atoms with E-state index >= 15 is 0 Å². The van der Waals surface area contributed by atoms with Gasteiger partial charge in [-0.05, 0) is 36.8 Å². The predicted molar refractivity (Wildman–Crippen MR) is 106 cm³/mol. The number of pyridine rings is 2. The summed E-state index contributed by atoms with van der Waals surface area (Å²) in [7, 11) is 0. The average molecular weight is 394 g/mol. The van der Waals surface area contributed by atoms with E-state index in [1.165, 1.54) is 11.3 Å². The van der Waals surface area contributed by atoms with Crippen LogP contribution < -0.4 is 10.6 Å². The zero-order valence-electron chi connectivity index (χ0n) is 15.2. The average Bonchev–Trinajstić information content (AvgIpc) is 3.09. The second kappa shape index (κ2) is 7.83. The Bertz CT molecular complexity index is 1020. The molecule has 0 saturated carbocycles. The number of hydrogen-bond acceptors (Lipinski definition) is 8. The van der Waals surface area contributed by atoms with Gasteiger partial charge in [-0.1, -0.05) is 6.07 Å². The van der Waals surface area contributed by atoms with Crippen LogP contribution >= 0.6 is 11.3 Å². The van der Waals surface area contributed by atoms with Crippen LogP contribution in [0.4, 0.5) is 11.6 Å². The molecule has 142 valence electrons. The van der Waals surface area contributed by atoms with Gasteiger partial charge in [0.05, 0.1) is 30.2 Å². The highest BCUT2D eigenvalue weighted by Gasteiger charge is 2.23. The van der Waals surface area contributed by atoms with Crippen LogP contribution in [-0.2, 0) is 16.1 Å². The molecule has 1 saturated heterocycles. The van der Waals surface area contributed by atoms with Gasteiger partial charge >= 0.3 is 0 Å². The summed E-state index contributed by atoms with van der Waals surface area (Å²) in [5, 5.41) is 6.34. The van der Waals surface area contributed by atoms with Gasteiger partial charge < -0.3 is 5.32 Å². The summed E-state index contributed by atoms with van der Waals surface area (Å²) in [5.41, 5.74) is 1.92. The van der Waals surface area contributed by atoms with Crippen LogP contribution in [0.15, 0.2) is 42.7 Å². The van der Waals surface area contributed by atoms with Crippen molar-refractivity contribution in [2.75, 3.05) is 18.4 Å². The van der Waals surface area contributed by atoms with Crippen LogP contribution in [0.5, 0.6) is 0 Å². The number of carbonyl (C=O) groups is 2. The Morgan fingerprint density at radius 2 is 1.96 bits per heavy atom. The van der Waals surface area contributed by atoms with Crippen molar-refractivity contribution in [2.24, 2.45) is 0 Å². The van der Waals surface area contributed by atoms with Gasteiger partial charge in [0, 0.05) is 12.4 Å². The Balaban J connectivity index is 1.48. The Morgan fingerprint density at radius 1 is 1.14 bits per heavy atom. The number of hydrogen-bond donors (Lipinski definition) is 2. The van der Waals surface area contributed by atoms with Crippen LogP contribution in [0.1, 0.15) is 10.6 Å². The quantitative estimate of drug-likeness (QED) is 0.639. The molecule has 0 atom stereocenters. The maximum absolute atomic E-state index is 11.5. The summed E-state index contributed by atoms with van der Waals surface area (Å²) in [6.07, 6.45) is 3.52. The highest BCUT2D eigenvalue weighted by atomic mass is 32.1. The second-order valence-electron chi connectivity index (χ2n) is 6.49. The van der Waals surface area contributed by atoms with Gasteiger partial charge in [-0.3, -0.25) is 19.8 Å². The largest absolute Gasteiger partial charge is 0.325 e. The number of imide groups is 1. The molecule has 0 spiro atoms. The van der Waals surface area contributed by atoms with Crippen LogP contribution in [-0.4, -0.2) is 44.8 Å². The normalized spacial score (nSPS) is 14.8. The summed E-state index contributed by atoms with van der Waals surface area (Å²) in [5.74, 6) is 0.878. The van der Waals surface area contributed by atoms with Crippen molar-refractivity contribution in [1.29, 1.82) is 0 Å². The molecule has 4 rings (SSSR count). The lowest BCUT2D eigenvalue weighted by Gasteiger charge is -2.23. The van der Waals surface area contributed by atoms with Gasteiger partial charge in [-0.15, -0.1) is 11.3 Å². The number of aryl methyl sites for hydroxylation is 1. The van der Waals surface area contributed by atoms with Gasteiger partial charge in [0.15, 0.2) is 0 Å². The lowest BCUT2D eigenvalue weighted by molar-refractivity contribution is -0.136. The Hall–Kier alpha value is -3.17. The summed E-state index contributed by atoms with van der Waals surface area (Å²) in [6, 6.07) is 9.62. The minimum Gasteiger partial charge on any atom is -0.325 e. The number of piperazine rings is 1. The Morgan fingerprint density at radius 3 is 2.75 bits per heavy atom. The first-order chi connectivity index (χ1) is 13.5. The summed E-state index contributed by atoms with van der Waals surface area (Å²) in [6.45, 7) is 2.85. The van der Waals surface area contributed by atoms with Crippen LogP contribution in [0.3, 0.4) is 0 Å². The number of carbonyl (C=O) groups excluding carboxylic acids is 2. The molecule has 8 nitrogen and oxygen atoms in total. The van der Waals surface area contributed by atoms with Crippen molar-refractivity contribution in [1.82, 2.24) is 25.2 Å². The third-order valence-electron chi connectivity index (χ3n) is 4.10. The van der Waals surface area contributed by atoms with Crippen molar-refractivity contribution < 1.29 is 9.59 Å². The molecule has 1 aliphatic rings. The van der Waals surface area contributed by atoms with Crippen molar-refractivity contribution in [2.45, 2.75) is 13.5 Å². The van der Waals surface area contributed by atoms with E-state index in [-0.39, 0.29) is 24.9 Å². The number of nitrogens with zero attached hydrogens (tertiary/aromatic N) is 4. The molecule has 28 heavy (non-hydrogen) atoms. The molecule has 3 aromatic rings. The number of rotatable bonds is 5. The van der Waals surface area contributed by atoms with Crippen molar-refractivity contribution >= 4 is 34.8 Å². The van der Waals surface area contributed by atoms with E-state index < -0.39 is 0 Å². The molecule has 3 aromatic heterocycles. The topological polar surface area (TPSA) is 100 Å². The van der Waals surface area contributed by atoms with E-state index in [4.69, 9.17) is 0 Å². The first-order valence-corrected chi connectivity index (χ1v) is 9.54. The Kier molecular flexibility index (Phi) is 5.09. The highest BCUT2D eigenvalue weighted by Crippen LogP contribution is 2.27. The number of amides is 2. The van der Waals surface area contributed by atoms with Gasteiger partial charge in [0.25, 0.3) is 0 Å². The number of thiazole rings is 1. The molecule has 1 fully saturated rings.